The Labute approximate surface area is 202 Å². The highest BCUT2D eigenvalue weighted by molar-refractivity contribution is 6.39. The van der Waals surface area contributed by atoms with Crippen LogP contribution in [0, 0.1) is 0 Å². The SMILES string of the molecule is CC(C)OC(=O)OCn1cc(CC(=O)c2c(Cl)cccc2Cl)c(C(=O)NC2CCCCC2)n1. The molecule has 1 aliphatic carbocycles. The summed E-state index contributed by atoms with van der Waals surface area (Å²) in [6.07, 6.45) is 5.25. The molecule has 10 heteroatoms. The van der Waals surface area contributed by atoms with Crippen molar-refractivity contribution in [3.8, 4) is 0 Å². The van der Waals surface area contributed by atoms with Crippen LogP contribution in [0.2, 0.25) is 10.0 Å². The van der Waals surface area contributed by atoms with Crippen LogP contribution in [-0.2, 0) is 22.6 Å². The van der Waals surface area contributed by atoms with Gasteiger partial charge in [0.05, 0.1) is 21.7 Å². The Kier molecular flexibility index (Phi) is 8.74. The van der Waals surface area contributed by atoms with Crippen LogP contribution in [0.4, 0.5) is 4.79 Å². The van der Waals surface area contributed by atoms with Crippen molar-refractivity contribution in [2.45, 2.75) is 71.2 Å². The molecule has 1 fully saturated rings. The minimum atomic E-state index is -0.853. The van der Waals surface area contributed by atoms with Crippen molar-refractivity contribution in [1.29, 1.82) is 0 Å². The Morgan fingerprint density at radius 2 is 1.82 bits per heavy atom. The number of amides is 1. The fourth-order valence-electron chi connectivity index (χ4n) is 3.72. The van der Waals surface area contributed by atoms with Crippen LogP contribution in [0.3, 0.4) is 0 Å². The van der Waals surface area contributed by atoms with Crippen molar-refractivity contribution in [3.05, 3.63) is 51.3 Å². The summed E-state index contributed by atoms with van der Waals surface area (Å²) in [6.45, 7) is 3.13. The number of rotatable bonds is 8. The first-order chi connectivity index (χ1) is 15.7. The van der Waals surface area contributed by atoms with E-state index in [2.05, 4.69) is 10.4 Å². The van der Waals surface area contributed by atoms with Gasteiger partial charge >= 0.3 is 6.16 Å². The van der Waals surface area contributed by atoms with Gasteiger partial charge in [0.1, 0.15) is 0 Å². The van der Waals surface area contributed by atoms with Crippen molar-refractivity contribution < 1.29 is 23.9 Å². The second kappa shape index (κ2) is 11.5. The fourth-order valence-corrected chi connectivity index (χ4v) is 4.33. The number of ether oxygens (including phenoxy) is 2. The summed E-state index contributed by atoms with van der Waals surface area (Å²) < 4.78 is 11.3. The molecule has 178 valence electrons. The molecule has 1 aromatic carbocycles. The zero-order valence-electron chi connectivity index (χ0n) is 18.6. The van der Waals surface area contributed by atoms with E-state index in [1.54, 1.807) is 32.0 Å². The highest BCUT2D eigenvalue weighted by Crippen LogP contribution is 2.26. The van der Waals surface area contributed by atoms with Gasteiger partial charge in [0, 0.05) is 24.2 Å². The van der Waals surface area contributed by atoms with E-state index in [9.17, 15) is 14.4 Å². The lowest BCUT2D eigenvalue weighted by Gasteiger charge is -2.22. The molecule has 0 unspecified atom stereocenters. The summed E-state index contributed by atoms with van der Waals surface area (Å²) in [4.78, 5) is 37.7. The molecule has 0 saturated heterocycles. The number of nitrogens with one attached hydrogen (secondary N) is 1. The number of aromatic nitrogens is 2. The number of halogens is 2. The molecular weight excluding hydrogens is 469 g/mol. The Bertz CT molecular complexity index is 995. The number of carbonyl (C=O) groups excluding carboxylic acids is 3. The van der Waals surface area contributed by atoms with E-state index in [1.165, 1.54) is 10.9 Å². The van der Waals surface area contributed by atoms with Crippen LogP contribution in [0.15, 0.2) is 24.4 Å². The van der Waals surface area contributed by atoms with Crippen LogP contribution in [0.25, 0.3) is 0 Å². The van der Waals surface area contributed by atoms with Gasteiger partial charge in [0.15, 0.2) is 18.2 Å². The molecule has 0 bridgehead atoms. The summed E-state index contributed by atoms with van der Waals surface area (Å²) in [7, 11) is 0. The summed E-state index contributed by atoms with van der Waals surface area (Å²) in [6, 6.07) is 4.87. The third-order valence-corrected chi connectivity index (χ3v) is 5.86. The maximum Gasteiger partial charge on any atom is 0.510 e. The molecule has 2 aromatic rings. The Morgan fingerprint density at radius 1 is 1.15 bits per heavy atom. The summed E-state index contributed by atoms with van der Waals surface area (Å²) in [5.74, 6) is -0.726. The largest absolute Gasteiger partial charge is 0.510 e. The van der Waals surface area contributed by atoms with E-state index in [4.69, 9.17) is 32.7 Å². The monoisotopic (exact) mass is 495 g/mol. The molecular formula is C23H27Cl2N3O5. The van der Waals surface area contributed by atoms with E-state index in [0.717, 1.165) is 32.1 Å². The van der Waals surface area contributed by atoms with E-state index in [1.807, 2.05) is 0 Å². The highest BCUT2D eigenvalue weighted by Gasteiger charge is 2.25. The van der Waals surface area contributed by atoms with Gasteiger partial charge in [-0.05, 0) is 38.8 Å². The Balaban J connectivity index is 1.81. The van der Waals surface area contributed by atoms with E-state index in [-0.39, 0.29) is 58.3 Å². The maximum atomic E-state index is 13.0. The van der Waals surface area contributed by atoms with Gasteiger partial charge < -0.3 is 14.8 Å². The smallest absolute Gasteiger partial charge is 0.432 e. The zero-order valence-corrected chi connectivity index (χ0v) is 20.1. The molecule has 0 radical (unpaired) electrons. The van der Waals surface area contributed by atoms with Crippen molar-refractivity contribution in [1.82, 2.24) is 15.1 Å². The molecule has 33 heavy (non-hydrogen) atoms. The predicted molar refractivity (Wildman–Crippen MR) is 124 cm³/mol. The van der Waals surface area contributed by atoms with Gasteiger partial charge in [0.25, 0.3) is 5.91 Å². The average molecular weight is 496 g/mol. The van der Waals surface area contributed by atoms with Gasteiger partial charge in [-0.2, -0.15) is 5.10 Å². The van der Waals surface area contributed by atoms with E-state index in [0.29, 0.717) is 5.56 Å². The normalized spacial score (nSPS) is 14.2. The Hall–Kier alpha value is -2.58. The lowest BCUT2D eigenvalue weighted by molar-refractivity contribution is 0.0132. The van der Waals surface area contributed by atoms with E-state index >= 15 is 0 Å². The Morgan fingerprint density at radius 3 is 2.45 bits per heavy atom. The van der Waals surface area contributed by atoms with Gasteiger partial charge in [0.2, 0.25) is 0 Å². The van der Waals surface area contributed by atoms with Gasteiger partial charge in [-0.25, -0.2) is 9.48 Å². The maximum absolute atomic E-state index is 13.0. The van der Waals surface area contributed by atoms with Crippen LogP contribution in [0.1, 0.15) is 72.4 Å². The summed E-state index contributed by atoms with van der Waals surface area (Å²) in [5.41, 5.74) is 0.659. The van der Waals surface area contributed by atoms with Crippen LogP contribution in [-0.4, -0.2) is 39.8 Å². The first-order valence-electron chi connectivity index (χ1n) is 10.9. The zero-order chi connectivity index (χ0) is 24.0. The number of Topliss-reactive ketones (excluding diaryl/α,β-unsaturated/α-hetero) is 1. The number of hydrogen-bond acceptors (Lipinski definition) is 6. The number of ketones is 1. The molecule has 0 spiro atoms. The van der Waals surface area contributed by atoms with Crippen molar-refractivity contribution in [3.63, 3.8) is 0 Å². The molecule has 1 saturated carbocycles. The first-order valence-corrected chi connectivity index (χ1v) is 11.7. The standard InChI is InChI=1S/C23H27Cl2N3O5/c1-14(2)33-23(31)32-13-28-12-15(11-19(29)20-17(24)9-6-10-18(20)25)21(27-28)22(30)26-16-7-4-3-5-8-16/h6,9-10,12,14,16H,3-5,7-8,11,13H2,1-2H3,(H,26,30). The first kappa shape index (κ1) is 25.1. The molecule has 1 amide bonds. The molecule has 1 heterocycles. The average Bonchev–Trinajstić information content (AvgIpc) is 3.15. The molecule has 0 atom stereocenters. The molecule has 0 aliphatic heterocycles. The van der Waals surface area contributed by atoms with Gasteiger partial charge in [-0.1, -0.05) is 48.5 Å². The quantitative estimate of drug-likeness (QED) is 0.399. The summed E-state index contributed by atoms with van der Waals surface area (Å²) in [5, 5.41) is 7.74. The second-order valence-corrected chi connectivity index (χ2v) is 9.05. The number of nitrogens with zero attached hydrogens (tertiary/aromatic N) is 2. The topological polar surface area (TPSA) is 99.5 Å². The van der Waals surface area contributed by atoms with Crippen molar-refractivity contribution in [2.24, 2.45) is 0 Å². The number of carbonyl (C=O) groups is 3. The lowest BCUT2D eigenvalue weighted by Crippen LogP contribution is -2.37. The van der Waals surface area contributed by atoms with Gasteiger partial charge in [-0.15, -0.1) is 0 Å². The lowest BCUT2D eigenvalue weighted by atomic mass is 9.95. The highest BCUT2D eigenvalue weighted by atomic mass is 35.5. The minimum Gasteiger partial charge on any atom is -0.432 e. The molecule has 1 aromatic heterocycles. The molecule has 1 aliphatic rings. The minimum absolute atomic E-state index is 0.0650. The van der Waals surface area contributed by atoms with Crippen LogP contribution in [0.5, 0.6) is 0 Å². The number of hydrogen-bond donors (Lipinski definition) is 1. The third kappa shape index (κ3) is 6.95. The molecule has 1 N–H and O–H groups in total. The van der Waals surface area contributed by atoms with Crippen LogP contribution < -0.4 is 5.32 Å². The predicted octanol–water partition coefficient (Wildman–Crippen LogP) is 5.20. The van der Waals surface area contributed by atoms with Crippen LogP contribution >= 0.6 is 23.2 Å². The fraction of sp³-hybridized carbons (Fsp3) is 0.478. The van der Waals surface area contributed by atoms with Crippen molar-refractivity contribution in [2.75, 3.05) is 0 Å². The molecule has 3 rings (SSSR count). The molecule has 8 nitrogen and oxygen atoms in total. The van der Waals surface area contributed by atoms with E-state index < -0.39 is 6.16 Å². The summed E-state index contributed by atoms with van der Waals surface area (Å²) >= 11 is 12.4. The second-order valence-electron chi connectivity index (χ2n) is 8.24. The van der Waals surface area contributed by atoms with Gasteiger partial charge in [-0.3, -0.25) is 9.59 Å². The third-order valence-electron chi connectivity index (χ3n) is 5.23. The number of benzene rings is 1. The van der Waals surface area contributed by atoms with Crippen molar-refractivity contribution >= 4 is 41.0 Å².